The zero-order valence-corrected chi connectivity index (χ0v) is 9.92. The molecule has 0 aromatic heterocycles. The highest BCUT2D eigenvalue weighted by Crippen LogP contribution is 1.99. The molecule has 0 saturated carbocycles. The highest BCUT2D eigenvalue weighted by molar-refractivity contribution is 5.98. The summed E-state index contributed by atoms with van der Waals surface area (Å²) >= 11 is 0. The Morgan fingerprint density at radius 2 is 1.67 bits per heavy atom. The molecule has 0 saturated heterocycles. The minimum atomic E-state index is -1.83. The molecule has 0 radical (unpaired) electrons. The van der Waals surface area contributed by atoms with Gasteiger partial charge in [0.25, 0.3) is 0 Å². The predicted molar refractivity (Wildman–Crippen MR) is 50.6 cm³/mol. The average Bonchev–Trinajstić information content (AvgIpc) is 1.86. The summed E-state index contributed by atoms with van der Waals surface area (Å²) in [5, 5.41) is 13.9. The van der Waals surface area contributed by atoms with Gasteiger partial charge in [0.2, 0.25) is 0 Å². The van der Waals surface area contributed by atoms with E-state index in [2.05, 4.69) is 20.8 Å². The molecule has 12 heavy (non-hydrogen) atoms. The van der Waals surface area contributed by atoms with Crippen molar-refractivity contribution in [3.8, 4) is 0 Å². The second-order valence-electron chi connectivity index (χ2n) is 2.50. The summed E-state index contributed by atoms with van der Waals surface area (Å²) in [6, 6.07) is 0. The van der Waals surface area contributed by atoms with Crippen molar-refractivity contribution in [2.75, 3.05) is 6.61 Å². The Hall–Kier alpha value is -0.813. The van der Waals surface area contributed by atoms with Crippen LogP contribution in [0.15, 0.2) is 11.1 Å². The molecule has 0 spiro atoms. The van der Waals surface area contributed by atoms with Crippen LogP contribution in [-0.2, 0) is 4.43 Å². The molecular formula is C7H16O4Si. The van der Waals surface area contributed by atoms with Crippen molar-refractivity contribution in [3.63, 3.8) is 0 Å². The second-order valence-corrected chi connectivity index (χ2v) is 3.07. The zero-order chi connectivity index (χ0) is 10.1. The predicted octanol–water partition coefficient (Wildman–Crippen LogP) is 0.862. The van der Waals surface area contributed by atoms with Crippen molar-refractivity contribution in [1.82, 2.24) is 0 Å². The van der Waals surface area contributed by atoms with E-state index in [1.807, 2.05) is 0 Å². The lowest BCUT2D eigenvalue weighted by Gasteiger charge is -1.99. The zero-order valence-electron chi connectivity index (χ0n) is 7.92. The largest absolute Gasteiger partial charge is 0.503 e. The van der Waals surface area contributed by atoms with Crippen LogP contribution < -0.4 is 0 Å². The molecule has 0 fully saturated rings. The normalized spacial score (nSPS) is 8.25. The average molecular weight is 192 g/mol. The molecular weight excluding hydrogens is 176 g/mol. The Kier molecular flexibility index (Phi) is 9.50. The summed E-state index contributed by atoms with van der Waals surface area (Å²) in [4.78, 5) is 8.56. The number of hydrogen-bond donors (Lipinski definition) is 2. The Morgan fingerprint density at radius 3 is 1.75 bits per heavy atom. The van der Waals surface area contributed by atoms with Crippen molar-refractivity contribution >= 4 is 16.6 Å². The monoisotopic (exact) mass is 192 g/mol. The molecule has 72 valence electrons. The second kappa shape index (κ2) is 8.29. The number of rotatable bonds is 2. The van der Waals surface area contributed by atoms with E-state index in [1.165, 1.54) is 11.1 Å². The van der Waals surface area contributed by atoms with Gasteiger partial charge in [-0.3, -0.25) is 0 Å². The van der Waals surface area contributed by atoms with Gasteiger partial charge in [-0.25, -0.2) is 4.79 Å². The van der Waals surface area contributed by atoms with Gasteiger partial charge >= 0.3 is 6.16 Å². The summed E-state index contributed by atoms with van der Waals surface area (Å²) in [6.07, 6.45) is -1.83. The quantitative estimate of drug-likeness (QED) is 0.503. The van der Waals surface area contributed by atoms with E-state index in [9.17, 15) is 0 Å². The molecule has 0 bridgehead atoms. The molecule has 5 heteroatoms. The summed E-state index contributed by atoms with van der Waals surface area (Å²) in [7, 11) is 0.849. The Morgan fingerprint density at radius 1 is 1.33 bits per heavy atom. The maximum Gasteiger partial charge on any atom is 0.503 e. The molecule has 4 nitrogen and oxygen atoms in total. The minimum Gasteiger partial charge on any atom is -0.450 e. The van der Waals surface area contributed by atoms with Crippen LogP contribution >= 0.6 is 0 Å². The molecule has 0 atom stereocenters. The summed E-state index contributed by atoms with van der Waals surface area (Å²) < 4.78 is 5.05. The summed E-state index contributed by atoms with van der Waals surface area (Å²) in [5.74, 6) is 0. The van der Waals surface area contributed by atoms with Crippen molar-refractivity contribution < 1.29 is 19.4 Å². The van der Waals surface area contributed by atoms with Crippen molar-refractivity contribution in [2.45, 2.75) is 20.8 Å². The van der Waals surface area contributed by atoms with E-state index in [0.717, 1.165) is 17.1 Å². The molecule has 0 aromatic carbocycles. The first-order chi connectivity index (χ1) is 5.41. The lowest BCUT2D eigenvalue weighted by molar-refractivity contribution is 0.137. The fourth-order valence-electron chi connectivity index (χ4n) is 0.361. The SMILES string of the molecule is CC(C)=C(C)CO[SiH3].O=C(O)O. The Labute approximate surface area is 75.4 Å². The summed E-state index contributed by atoms with van der Waals surface area (Å²) in [6.45, 7) is 7.15. The molecule has 0 aromatic rings. The van der Waals surface area contributed by atoms with Crippen LogP contribution in [0, 0.1) is 0 Å². The summed E-state index contributed by atoms with van der Waals surface area (Å²) in [5.41, 5.74) is 2.74. The first kappa shape index (κ1) is 13.8. The van der Waals surface area contributed by atoms with E-state index < -0.39 is 6.16 Å². The van der Waals surface area contributed by atoms with E-state index in [0.29, 0.717) is 0 Å². The Bertz CT molecular complexity index is 157. The first-order valence-corrected chi connectivity index (χ1v) is 4.27. The smallest absolute Gasteiger partial charge is 0.450 e. The van der Waals surface area contributed by atoms with Crippen LogP contribution in [0.4, 0.5) is 4.79 Å². The highest BCUT2D eigenvalue weighted by Gasteiger charge is 1.86. The third kappa shape index (κ3) is 16.1. The van der Waals surface area contributed by atoms with Crippen LogP contribution in [-0.4, -0.2) is 33.5 Å². The molecule has 0 aliphatic rings. The van der Waals surface area contributed by atoms with Crippen LogP contribution in [0.3, 0.4) is 0 Å². The van der Waals surface area contributed by atoms with Gasteiger partial charge in [0.1, 0.15) is 10.5 Å². The van der Waals surface area contributed by atoms with Gasteiger partial charge in [-0.2, -0.15) is 0 Å². The lowest BCUT2D eigenvalue weighted by atomic mass is 10.2. The van der Waals surface area contributed by atoms with Gasteiger partial charge in [-0.1, -0.05) is 11.1 Å². The van der Waals surface area contributed by atoms with Crippen LogP contribution in [0.2, 0.25) is 0 Å². The molecule has 0 rings (SSSR count). The third-order valence-electron chi connectivity index (χ3n) is 1.21. The first-order valence-electron chi connectivity index (χ1n) is 3.45. The standard InChI is InChI=1S/C6H14OSi.CH2O3/c1-5(2)6(3)4-7-8;2-1(3)4/h4H2,1-3,8H3;(H2,2,3,4). The molecule has 0 amide bonds. The van der Waals surface area contributed by atoms with Gasteiger partial charge in [0.05, 0.1) is 6.61 Å². The lowest BCUT2D eigenvalue weighted by Crippen LogP contribution is -1.92. The van der Waals surface area contributed by atoms with Crippen molar-refractivity contribution in [3.05, 3.63) is 11.1 Å². The van der Waals surface area contributed by atoms with E-state index >= 15 is 0 Å². The molecule has 2 N–H and O–H groups in total. The minimum absolute atomic E-state index is 0.828. The molecule has 0 aliphatic carbocycles. The molecule has 0 heterocycles. The van der Waals surface area contributed by atoms with Crippen molar-refractivity contribution in [2.24, 2.45) is 0 Å². The highest BCUT2D eigenvalue weighted by atomic mass is 28.2. The fourth-order valence-corrected chi connectivity index (χ4v) is 0.794. The molecule has 0 unspecified atom stereocenters. The van der Waals surface area contributed by atoms with Gasteiger partial charge in [0.15, 0.2) is 0 Å². The topological polar surface area (TPSA) is 66.8 Å². The fraction of sp³-hybridized carbons (Fsp3) is 0.571. The van der Waals surface area contributed by atoms with Gasteiger partial charge in [-0.05, 0) is 20.8 Å². The van der Waals surface area contributed by atoms with E-state index in [-0.39, 0.29) is 0 Å². The van der Waals surface area contributed by atoms with E-state index in [1.54, 1.807) is 0 Å². The van der Waals surface area contributed by atoms with Crippen LogP contribution in [0.5, 0.6) is 0 Å². The number of hydrogen-bond acceptors (Lipinski definition) is 2. The number of carbonyl (C=O) groups is 1. The van der Waals surface area contributed by atoms with Gasteiger partial charge < -0.3 is 14.6 Å². The maximum absolute atomic E-state index is 8.56. The number of allylic oxidation sites excluding steroid dienone is 1. The van der Waals surface area contributed by atoms with Crippen LogP contribution in [0.1, 0.15) is 20.8 Å². The molecule has 0 aliphatic heterocycles. The van der Waals surface area contributed by atoms with Gasteiger partial charge in [0, 0.05) is 0 Å². The van der Waals surface area contributed by atoms with Crippen molar-refractivity contribution in [1.29, 1.82) is 0 Å². The third-order valence-corrected chi connectivity index (χ3v) is 1.50. The van der Waals surface area contributed by atoms with E-state index in [4.69, 9.17) is 19.4 Å². The number of carboxylic acid groups (broad SMARTS) is 2. The van der Waals surface area contributed by atoms with Crippen LogP contribution in [0.25, 0.3) is 0 Å². The Balaban J connectivity index is 0. The van der Waals surface area contributed by atoms with Gasteiger partial charge in [-0.15, -0.1) is 0 Å². The maximum atomic E-state index is 8.56.